The van der Waals surface area contributed by atoms with Gasteiger partial charge in [0.25, 0.3) is 11.8 Å². The summed E-state index contributed by atoms with van der Waals surface area (Å²) in [7, 11) is 0. The Kier molecular flexibility index (Phi) is 4.20. The van der Waals surface area contributed by atoms with E-state index in [0.29, 0.717) is 49.8 Å². The lowest BCUT2D eigenvalue weighted by molar-refractivity contribution is -0.125. The maximum atomic E-state index is 12.9. The lowest BCUT2D eigenvalue weighted by Gasteiger charge is -2.36. The van der Waals surface area contributed by atoms with Crippen molar-refractivity contribution in [2.75, 3.05) is 26.3 Å². The van der Waals surface area contributed by atoms with Gasteiger partial charge in [-0.25, -0.2) is 4.79 Å². The number of thiophene rings is 1. The standard InChI is InChI=1S/C20H19N3O5S/c24-17(23-7-5-20(6-8-23)18(25)21-19(26)22-20)16-4-3-15(29-16)12-1-2-13-14(11-12)28-10-9-27-13/h1-4,11H,5-10H2,(H2,21,22,25,26). The zero-order valence-corrected chi connectivity index (χ0v) is 16.3. The number of fused-ring (bicyclic) bond motifs is 1. The fourth-order valence-electron chi connectivity index (χ4n) is 3.93. The number of carbonyl (C=O) groups is 3. The van der Waals surface area contributed by atoms with Gasteiger partial charge < -0.3 is 19.7 Å². The second kappa shape index (κ2) is 6.77. The first-order valence-electron chi connectivity index (χ1n) is 9.47. The first-order valence-corrected chi connectivity index (χ1v) is 10.3. The molecule has 0 atom stereocenters. The van der Waals surface area contributed by atoms with Crippen LogP contribution in [0.15, 0.2) is 30.3 Å². The van der Waals surface area contributed by atoms with Crippen LogP contribution >= 0.6 is 11.3 Å². The van der Waals surface area contributed by atoms with Gasteiger partial charge >= 0.3 is 6.03 Å². The second-order valence-corrected chi connectivity index (χ2v) is 8.39. The van der Waals surface area contributed by atoms with Crippen LogP contribution in [0, 0.1) is 0 Å². The summed E-state index contributed by atoms with van der Waals surface area (Å²) in [6, 6.07) is 9.07. The largest absolute Gasteiger partial charge is 0.486 e. The molecule has 9 heteroatoms. The van der Waals surface area contributed by atoms with Gasteiger partial charge in [0.2, 0.25) is 0 Å². The van der Waals surface area contributed by atoms with Crippen molar-refractivity contribution in [3.8, 4) is 21.9 Å². The number of benzene rings is 1. The van der Waals surface area contributed by atoms with Crippen LogP contribution in [0.3, 0.4) is 0 Å². The predicted molar refractivity (Wildman–Crippen MR) is 105 cm³/mol. The molecule has 5 rings (SSSR count). The number of nitrogens with zero attached hydrogens (tertiary/aromatic N) is 1. The molecule has 0 radical (unpaired) electrons. The molecule has 3 aliphatic heterocycles. The van der Waals surface area contributed by atoms with Crippen molar-refractivity contribution in [3.05, 3.63) is 35.2 Å². The first kappa shape index (κ1) is 18.0. The molecule has 0 unspecified atom stereocenters. The molecule has 1 spiro atoms. The highest BCUT2D eigenvalue weighted by Crippen LogP contribution is 2.37. The molecule has 0 saturated carbocycles. The van der Waals surface area contributed by atoms with Crippen molar-refractivity contribution in [2.24, 2.45) is 0 Å². The van der Waals surface area contributed by atoms with Gasteiger partial charge in [0.15, 0.2) is 11.5 Å². The monoisotopic (exact) mass is 413 g/mol. The number of imide groups is 1. The molecule has 29 heavy (non-hydrogen) atoms. The molecule has 4 amide bonds. The Morgan fingerprint density at radius 1 is 1.03 bits per heavy atom. The quantitative estimate of drug-likeness (QED) is 0.734. The van der Waals surface area contributed by atoms with Crippen LogP contribution in [0.5, 0.6) is 11.5 Å². The molecular formula is C20H19N3O5S. The summed E-state index contributed by atoms with van der Waals surface area (Å²) in [5.74, 6) is 1.09. The Bertz CT molecular complexity index is 1010. The van der Waals surface area contributed by atoms with Crippen molar-refractivity contribution >= 4 is 29.2 Å². The van der Waals surface area contributed by atoms with E-state index in [0.717, 1.165) is 16.2 Å². The van der Waals surface area contributed by atoms with E-state index in [-0.39, 0.29) is 11.8 Å². The predicted octanol–water partition coefficient (Wildman–Crippen LogP) is 2.00. The Morgan fingerprint density at radius 3 is 2.52 bits per heavy atom. The fourth-order valence-corrected chi connectivity index (χ4v) is 4.90. The number of hydrogen-bond acceptors (Lipinski definition) is 6. The molecule has 1 aromatic heterocycles. The summed E-state index contributed by atoms with van der Waals surface area (Å²) in [6.45, 7) is 1.92. The number of carbonyl (C=O) groups excluding carboxylic acids is 3. The topological polar surface area (TPSA) is 97.0 Å². The average molecular weight is 413 g/mol. The van der Waals surface area contributed by atoms with E-state index in [4.69, 9.17) is 9.47 Å². The van der Waals surface area contributed by atoms with Crippen molar-refractivity contribution in [1.82, 2.24) is 15.5 Å². The summed E-state index contributed by atoms with van der Waals surface area (Å²) in [4.78, 5) is 39.8. The normalized spacial score (nSPS) is 19.8. The molecule has 2 fully saturated rings. The maximum absolute atomic E-state index is 12.9. The molecule has 1 aromatic carbocycles. The number of urea groups is 1. The smallest absolute Gasteiger partial charge is 0.322 e. The third-order valence-corrected chi connectivity index (χ3v) is 6.68. The van der Waals surface area contributed by atoms with E-state index in [9.17, 15) is 14.4 Å². The molecule has 4 heterocycles. The molecule has 0 bridgehead atoms. The molecule has 2 aromatic rings. The van der Waals surface area contributed by atoms with E-state index >= 15 is 0 Å². The molecule has 2 N–H and O–H groups in total. The van der Waals surface area contributed by atoms with Crippen LogP contribution in [0.1, 0.15) is 22.5 Å². The van der Waals surface area contributed by atoms with Gasteiger partial charge in [0.05, 0.1) is 4.88 Å². The lowest BCUT2D eigenvalue weighted by Crippen LogP contribution is -2.55. The minimum Gasteiger partial charge on any atom is -0.486 e. The van der Waals surface area contributed by atoms with Crippen molar-refractivity contribution in [3.63, 3.8) is 0 Å². The highest BCUT2D eigenvalue weighted by molar-refractivity contribution is 7.17. The van der Waals surface area contributed by atoms with Gasteiger partial charge in [-0.1, -0.05) is 0 Å². The first-order chi connectivity index (χ1) is 14.0. The number of nitrogens with one attached hydrogen (secondary N) is 2. The Balaban J connectivity index is 1.29. The zero-order chi connectivity index (χ0) is 20.0. The van der Waals surface area contributed by atoms with Crippen LogP contribution < -0.4 is 20.1 Å². The number of rotatable bonds is 2. The van der Waals surface area contributed by atoms with Crippen LogP contribution in [-0.2, 0) is 4.79 Å². The van der Waals surface area contributed by atoms with Crippen LogP contribution in [0.25, 0.3) is 10.4 Å². The molecule has 150 valence electrons. The van der Waals surface area contributed by atoms with E-state index < -0.39 is 11.6 Å². The summed E-state index contributed by atoms with van der Waals surface area (Å²) in [6.07, 6.45) is 0.827. The minimum atomic E-state index is -0.875. The summed E-state index contributed by atoms with van der Waals surface area (Å²) < 4.78 is 11.2. The molecule has 8 nitrogen and oxygen atoms in total. The Morgan fingerprint density at radius 2 is 1.79 bits per heavy atom. The Labute approximate surface area is 170 Å². The van der Waals surface area contributed by atoms with Gasteiger partial charge in [-0.3, -0.25) is 14.9 Å². The number of piperidine rings is 1. The van der Waals surface area contributed by atoms with Gasteiger partial charge in [0.1, 0.15) is 18.8 Å². The highest BCUT2D eigenvalue weighted by Gasteiger charge is 2.48. The number of amides is 4. The van der Waals surface area contributed by atoms with Gasteiger partial charge in [-0.05, 0) is 48.7 Å². The van der Waals surface area contributed by atoms with Crippen molar-refractivity contribution < 1.29 is 23.9 Å². The molecule has 3 aliphatic rings. The zero-order valence-electron chi connectivity index (χ0n) is 15.5. The van der Waals surface area contributed by atoms with Crippen molar-refractivity contribution in [2.45, 2.75) is 18.4 Å². The summed E-state index contributed by atoms with van der Waals surface area (Å²) >= 11 is 1.43. The maximum Gasteiger partial charge on any atom is 0.322 e. The van der Waals surface area contributed by atoms with Crippen LogP contribution in [-0.4, -0.2) is 54.6 Å². The third kappa shape index (κ3) is 3.11. The summed E-state index contributed by atoms with van der Waals surface area (Å²) in [5.41, 5.74) is 0.0980. The van der Waals surface area contributed by atoms with Gasteiger partial charge in [-0.2, -0.15) is 0 Å². The molecular weight excluding hydrogens is 394 g/mol. The number of likely N-dealkylation sites (tertiary alicyclic amines) is 1. The van der Waals surface area contributed by atoms with Gasteiger partial charge in [0, 0.05) is 18.0 Å². The van der Waals surface area contributed by atoms with Crippen LogP contribution in [0.2, 0.25) is 0 Å². The third-order valence-electron chi connectivity index (χ3n) is 5.56. The molecule has 2 saturated heterocycles. The number of hydrogen-bond donors (Lipinski definition) is 2. The van der Waals surface area contributed by atoms with E-state index in [2.05, 4.69) is 10.6 Å². The van der Waals surface area contributed by atoms with Gasteiger partial charge in [-0.15, -0.1) is 11.3 Å². The van der Waals surface area contributed by atoms with E-state index in [1.165, 1.54) is 11.3 Å². The minimum absolute atomic E-state index is 0.0571. The fraction of sp³-hybridized carbons (Fsp3) is 0.350. The summed E-state index contributed by atoms with van der Waals surface area (Å²) in [5, 5.41) is 5.00. The Hall–Kier alpha value is -3.07. The second-order valence-electron chi connectivity index (χ2n) is 7.30. The van der Waals surface area contributed by atoms with Crippen LogP contribution in [0.4, 0.5) is 4.79 Å². The number of ether oxygens (including phenoxy) is 2. The average Bonchev–Trinajstić information content (AvgIpc) is 3.33. The van der Waals surface area contributed by atoms with E-state index in [1.807, 2.05) is 30.3 Å². The van der Waals surface area contributed by atoms with Crippen molar-refractivity contribution in [1.29, 1.82) is 0 Å². The SMILES string of the molecule is O=C1NC(=O)C2(CCN(C(=O)c3ccc(-c4ccc5c(c4)OCCO5)s3)CC2)N1. The highest BCUT2D eigenvalue weighted by atomic mass is 32.1. The van der Waals surface area contributed by atoms with E-state index in [1.54, 1.807) is 4.90 Å². The molecule has 0 aliphatic carbocycles. The lowest BCUT2D eigenvalue weighted by atomic mass is 9.87.